The average molecular weight is 412 g/mol. The number of benzene rings is 2. The second-order valence-corrected chi connectivity index (χ2v) is 6.90. The van der Waals surface area contributed by atoms with Gasteiger partial charge in [-0.25, -0.2) is 0 Å². The lowest BCUT2D eigenvalue weighted by Gasteiger charge is -2.13. The quantitative estimate of drug-likeness (QED) is 0.552. The van der Waals surface area contributed by atoms with Crippen LogP contribution in [0.1, 0.15) is 24.5 Å². The molecular weight excluding hydrogens is 388 g/mol. The Morgan fingerprint density at radius 2 is 1.79 bits per heavy atom. The molecule has 0 aliphatic rings. The van der Waals surface area contributed by atoms with Crippen LogP contribution in [-0.4, -0.2) is 19.6 Å². The molecular formula is C19H24BrClN2O. The zero-order valence-corrected chi connectivity index (χ0v) is 16.3. The molecule has 2 N–H and O–H groups in total. The van der Waals surface area contributed by atoms with Crippen LogP contribution in [0.15, 0.2) is 46.9 Å². The molecule has 0 saturated carbocycles. The van der Waals surface area contributed by atoms with E-state index in [1.54, 1.807) is 0 Å². The van der Waals surface area contributed by atoms with Gasteiger partial charge in [-0.1, -0.05) is 46.6 Å². The molecule has 2 rings (SSSR count). The van der Waals surface area contributed by atoms with E-state index in [1.807, 2.05) is 36.4 Å². The lowest BCUT2D eigenvalue weighted by Crippen LogP contribution is -2.21. The summed E-state index contributed by atoms with van der Waals surface area (Å²) in [4.78, 5) is 0. The molecule has 0 spiro atoms. The summed E-state index contributed by atoms with van der Waals surface area (Å²) in [6.45, 7) is 6.50. The molecule has 24 heavy (non-hydrogen) atoms. The van der Waals surface area contributed by atoms with E-state index in [9.17, 15) is 0 Å². The molecule has 0 bridgehead atoms. The van der Waals surface area contributed by atoms with Crippen LogP contribution in [0.3, 0.4) is 0 Å². The van der Waals surface area contributed by atoms with Crippen LogP contribution in [0.2, 0.25) is 5.02 Å². The van der Waals surface area contributed by atoms with Gasteiger partial charge in [-0.2, -0.15) is 0 Å². The lowest BCUT2D eigenvalue weighted by atomic mass is 10.2. The summed E-state index contributed by atoms with van der Waals surface area (Å²) in [5.41, 5.74) is 2.26. The normalized spacial score (nSPS) is 10.8. The molecule has 0 aliphatic carbocycles. The van der Waals surface area contributed by atoms with Gasteiger partial charge in [0.05, 0.1) is 0 Å². The maximum atomic E-state index is 6.00. The van der Waals surface area contributed by atoms with Gasteiger partial charge in [0, 0.05) is 21.6 Å². The minimum atomic E-state index is 0.534. The maximum Gasteiger partial charge on any atom is 0.124 e. The van der Waals surface area contributed by atoms with Crippen LogP contribution in [0.4, 0.5) is 0 Å². The summed E-state index contributed by atoms with van der Waals surface area (Å²) in [7, 11) is 0. The number of rotatable bonds is 10. The Bertz CT molecular complexity index is 619. The predicted molar refractivity (Wildman–Crippen MR) is 105 cm³/mol. The number of nitrogens with one attached hydrogen (secondary N) is 2. The maximum absolute atomic E-state index is 6.00. The van der Waals surface area contributed by atoms with Crippen molar-refractivity contribution in [2.45, 2.75) is 26.5 Å². The van der Waals surface area contributed by atoms with Crippen molar-refractivity contribution >= 4 is 27.5 Å². The van der Waals surface area contributed by atoms with Crippen LogP contribution in [0.5, 0.6) is 5.75 Å². The van der Waals surface area contributed by atoms with Gasteiger partial charge < -0.3 is 15.4 Å². The third kappa shape index (κ3) is 6.81. The van der Waals surface area contributed by atoms with Gasteiger partial charge in [0.1, 0.15) is 12.4 Å². The van der Waals surface area contributed by atoms with Crippen LogP contribution in [0.25, 0.3) is 0 Å². The lowest BCUT2D eigenvalue weighted by molar-refractivity contribution is 0.302. The Hall–Kier alpha value is -1.07. The number of hydrogen-bond donors (Lipinski definition) is 2. The molecule has 0 aromatic heterocycles. The number of ether oxygens (including phenoxy) is 1. The zero-order valence-electron chi connectivity index (χ0n) is 13.9. The van der Waals surface area contributed by atoms with Crippen LogP contribution in [-0.2, 0) is 13.2 Å². The van der Waals surface area contributed by atoms with E-state index in [2.05, 4.69) is 39.6 Å². The predicted octanol–water partition coefficient (Wildman–Crippen LogP) is 4.77. The molecule has 0 radical (unpaired) electrons. The minimum Gasteiger partial charge on any atom is -0.489 e. The molecule has 2 aromatic carbocycles. The fourth-order valence-corrected chi connectivity index (χ4v) is 2.84. The third-order valence-electron chi connectivity index (χ3n) is 3.60. The van der Waals surface area contributed by atoms with Gasteiger partial charge in [-0.05, 0) is 62.0 Å². The molecule has 0 heterocycles. The zero-order chi connectivity index (χ0) is 17.2. The van der Waals surface area contributed by atoms with Crippen LogP contribution >= 0.6 is 27.5 Å². The Morgan fingerprint density at radius 1 is 1.04 bits per heavy atom. The molecule has 0 fully saturated rings. The first-order chi connectivity index (χ1) is 11.7. The van der Waals surface area contributed by atoms with Gasteiger partial charge in [-0.15, -0.1) is 0 Å². The van der Waals surface area contributed by atoms with E-state index in [0.717, 1.165) is 59.0 Å². The van der Waals surface area contributed by atoms with E-state index in [4.69, 9.17) is 16.3 Å². The highest BCUT2D eigenvalue weighted by Crippen LogP contribution is 2.24. The summed E-state index contributed by atoms with van der Waals surface area (Å²) >= 11 is 9.45. The van der Waals surface area contributed by atoms with E-state index in [1.165, 1.54) is 0 Å². The Balaban J connectivity index is 1.88. The van der Waals surface area contributed by atoms with Gasteiger partial charge in [0.25, 0.3) is 0 Å². The number of hydrogen-bond acceptors (Lipinski definition) is 3. The molecule has 5 heteroatoms. The van der Waals surface area contributed by atoms with Crippen molar-refractivity contribution in [1.29, 1.82) is 0 Å². The van der Waals surface area contributed by atoms with Crippen molar-refractivity contribution in [3.63, 3.8) is 0 Å². The van der Waals surface area contributed by atoms with Crippen molar-refractivity contribution in [2.75, 3.05) is 19.6 Å². The molecule has 3 nitrogen and oxygen atoms in total. The van der Waals surface area contributed by atoms with Crippen LogP contribution in [0, 0.1) is 0 Å². The molecule has 0 amide bonds. The highest BCUT2D eigenvalue weighted by atomic mass is 79.9. The van der Waals surface area contributed by atoms with Gasteiger partial charge >= 0.3 is 0 Å². The molecule has 0 saturated heterocycles. The van der Waals surface area contributed by atoms with Crippen molar-refractivity contribution in [1.82, 2.24) is 10.6 Å². The van der Waals surface area contributed by atoms with Crippen molar-refractivity contribution in [3.8, 4) is 5.75 Å². The summed E-state index contributed by atoms with van der Waals surface area (Å²) in [5, 5.41) is 7.54. The average Bonchev–Trinajstić information content (AvgIpc) is 2.58. The van der Waals surface area contributed by atoms with Gasteiger partial charge in [-0.3, -0.25) is 0 Å². The third-order valence-corrected chi connectivity index (χ3v) is 4.35. The molecule has 0 aliphatic heterocycles. The first-order valence-corrected chi connectivity index (χ1v) is 9.43. The Morgan fingerprint density at radius 3 is 2.54 bits per heavy atom. The first-order valence-electron chi connectivity index (χ1n) is 8.26. The highest BCUT2D eigenvalue weighted by molar-refractivity contribution is 9.10. The SMILES string of the molecule is CCNCCCNCc1cc(Br)ccc1OCc1ccc(Cl)cc1. The van der Waals surface area contributed by atoms with Crippen molar-refractivity contribution in [2.24, 2.45) is 0 Å². The van der Waals surface area contributed by atoms with Gasteiger partial charge in [0.15, 0.2) is 0 Å². The highest BCUT2D eigenvalue weighted by Gasteiger charge is 2.05. The Kier molecular flexibility index (Phi) is 8.60. The molecule has 130 valence electrons. The Labute approximate surface area is 157 Å². The monoisotopic (exact) mass is 410 g/mol. The van der Waals surface area contributed by atoms with E-state index < -0.39 is 0 Å². The van der Waals surface area contributed by atoms with E-state index >= 15 is 0 Å². The summed E-state index contributed by atoms with van der Waals surface area (Å²) in [6.07, 6.45) is 1.11. The first kappa shape index (κ1) is 19.3. The summed E-state index contributed by atoms with van der Waals surface area (Å²) in [5.74, 6) is 0.910. The molecule has 0 atom stereocenters. The van der Waals surface area contributed by atoms with E-state index in [0.29, 0.717) is 6.61 Å². The van der Waals surface area contributed by atoms with E-state index in [-0.39, 0.29) is 0 Å². The summed E-state index contributed by atoms with van der Waals surface area (Å²) in [6, 6.07) is 13.9. The number of halogens is 2. The smallest absolute Gasteiger partial charge is 0.124 e. The fourth-order valence-electron chi connectivity index (χ4n) is 2.31. The molecule has 0 unspecified atom stereocenters. The topological polar surface area (TPSA) is 33.3 Å². The molecule has 2 aromatic rings. The fraction of sp³-hybridized carbons (Fsp3) is 0.368. The van der Waals surface area contributed by atoms with Crippen molar-refractivity contribution < 1.29 is 4.74 Å². The van der Waals surface area contributed by atoms with Gasteiger partial charge in [0.2, 0.25) is 0 Å². The minimum absolute atomic E-state index is 0.534. The van der Waals surface area contributed by atoms with Crippen molar-refractivity contribution in [3.05, 3.63) is 63.1 Å². The van der Waals surface area contributed by atoms with Crippen LogP contribution < -0.4 is 15.4 Å². The standard InChI is InChI=1S/C19H24BrClN2O/c1-2-22-10-3-11-23-13-16-12-17(20)6-9-19(16)24-14-15-4-7-18(21)8-5-15/h4-9,12,22-23H,2-3,10-11,13-14H2,1H3. The second kappa shape index (κ2) is 10.7. The largest absolute Gasteiger partial charge is 0.489 e. The second-order valence-electron chi connectivity index (χ2n) is 5.55. The summed E-state index contributed by atoms with van der Waals surface area (Å²) < 4.78 is 7.06.